The Morgan fingerprint density at radius 2 is 0.686 bits per heavy atom. The van der Waals surface area contributed by atoms with Crippen LogP contribution in [0.3, 0.4) is 0 Å². The second-order valence-electron chi connectivity index (χ2n) is 17.6. The molecule has 9 rings (SSSR count). The molecule has 0 aliphatic heterocycles. The molecule has 0 aromatic heterocycles. The Morgan fingerprint density at radius 1 is 0.343 bits per heavy atom. The number of rotatable bonds is 10. The lowest BCUT2D eigenvalue weighted by Crippen LogP contribution is -2.10. The van der Waals surface area contributed by atoms with E-state index >= 15 is 0 Å². The fourth-order valence-electron chi connectivity index (χ4n) is 7.41. The number of halogens is 2. The van der Waals surface area contributed by atoms with Crippen LogP contribution in [-0.4, -0.2) is 11.9 Å². The van der Waals surface area contributed by atoms with Gasteiger partial charge in [-0.15, -0.1) is 0 Å². The molecule has 70 heavy (non-hydrogen) atoms. The predicted octanol–water partition coefficient (Wildman–Crippen LogP) is 16.4. The third-order valence-electron chi connectivity index (χ3n) is 11.8. The van der Waals surface area contributed by atoms with Crippen molar-refractivity contribution in [2.45, 2.75) is 54.4 Å². The molecule has 0 amide bonds. The van der Waals surface area contributed by atoms with Crippen molar-refractivity contribution in [2.75, 3.05) is 0 Å². The van der Waals surface area contributed by atoms with E-state index in [1.165, 1.54) is 57.1 Å². The van der Waals surface area contributed by atoms with Gasteiger partial charge in [-0.2, -0.15) is 0 Å². The number of carbonyl (C=O) groups excluding carboxylic acids is 2. The highest BCUT2D eigenvalue weighted by molar-refractivity contribution is 5.92. The van der Waals surface area contributed by atoms with Gasteiger partial charge in [0.2, 0.25) is 0 Å². The van der Waals surface area contributed by atoms with Gasteiger partial charge in [-0.3, -0.25) is 0 Å². The summed E-state index contributed by atoms with van der Waals surface area (Å²) in [6, 6.07) is 65.7. The molecule has 4 nitrogen and oxygen atoms in total. The Bertz CT molecular complexity index is 3140. The van der Waals surface area contributed by atoms with E-state index in [0.29, 0.717) is 22.6 Å². The summed E-state index contributed by atoms with van der Waals surface area (Å²) in [4.78, 5) is 24.2. The molecule has 9 aromatic rings. The van der Waals surface area contributed by atoms with Crippen molar-refractivity contribution in [1.29, 1.82) is 0 Å². The molecular weight excluding hydrogens is 871 g/mol. The quantitative estimate of drug-likeness (QED) is 0.101. The van der Waals surface area contributed by atoms with Crippen LogP contribution in [-0.2, 0) is 12.8 Å². The topological polar surface area (TPSA) is 52.6 Å². The monoisotopic (exact) mass is 926 g/mol. The van der Waals surface area contributed by atoms with E-state index in [9.17, 15) is 18.4 Å². The Morgan fingerprint density at radius 3 is 1.13 bits per heavy atom. The maximum Gasteiger partial charge on any atom is 0.346 e. The van der Waals surface area contributed by atoms with Crippen LogP contribution in [0.5, 0.6) is 11.5 Å². The van der Waals surface area contributed by atoms with Crippen LogP contribution in [0.4, 0.5) is 8.78 Å². The first-order valence-electron chi connectivity index (χ1n) is 23.3. The molecule has 0 saturated heterocycles. The Labute approximate surface area is 410 Å². The highest BCUT2D eigenvalue weighted by Crippen LogP contribution is 2.27. The molecule has 0 spiro atoms. The minimum absolute atomic E-state index is 0.0665. The van der Waals surface area contributed by atoms with Crippen LogP contribution in [0.2, 0.25) is 0 Å². The molecule has 0 heterocycles. The zero-order chi connectivity index (χ0) is 49.6. The lowest BCUT2D eigenvalue weighted by Gasteiger charge is -2.07. The molecule has 0 radical (unpaired) electrons. The second-order valence-corrected chi connectivity index (χ2v) is 17.6. The highest BCUT2D eigenvalue weighted by atomic mass is 19.1. The van der Waals surface area contributed by atoms with Gasteiger partial charge in [-0.05, 0) is 165 Å². The van der Waals surface area contributed by atoms with Crippen LogP contribution in [0.1, 0.15) is 65.2 Å². The minimum Gasteiger partial charge on any atom is -0.423 e. The lowest BCUT2D eigenvalue weighted by molar-refractivity contribution is 0.0722. The van der Waals surface area contributed by atoms with Gasteiger partial charge in [-0.25, -0.2) is 18.4 Å². The van der Waals surface area contributed by atoms with Crippen LogP contribution in [0.15, 0.2) is 206 Å². The first-order valence-corrected chi connectivity index (χ1v) is 23.3. The minimum atomic E-state index is -0.699. The van der Waals surface area contributed by atoms with E-state index in [4.69, 9.17) is 9.47 Å². The summed E-state index contributed by atoms with van der Waals surface area (Å²) in [5, 5.41) is 0. The van der Waals surface area contributed by atoms with Gasteiger partial charge in [0.1, 0.15) is 23.1 Å². The number of hydrogen-bond donors (Lipinski definition) is 0. The number of hydrogen-bond acceptors (Lipinski definition) is 4. The zero-order valence-electron chi connectivity index (χ0n) is 40.4. The predicted molar refractivity (Wildman–Crippen MR) is 281 cm³/mol. The standard InChI is InChI=1S/C22H22.2C21H17FO2/c1-17-3-7-19(8-4-17)9-10-20-11-15-22(16-12-20)21-13-5-18(2)6-14-21;1-14-3-6-16(7-4-14)17-8-10-18(11-9-17)24-21(23)19-12-5-15(2)13-20(19)22;1-14-3-6-17(7-4-14)21(23)24-19-11-9-16(10-12-19)18-8-5-15(2)20(22)13-18/h3-8,11-16H,9-10H2,1-2H3;2*3-13H,1-2H3. The van der Waals surface area contributed by atoms with Crippen LogP contribution < -0.4 is 9.47 Å². The summed E-state index contributed by atoms with van der Waals surface area (Å²) in [5.41, 5.74) is 15.9. The molecule has 350 valence electrons. The van der Waals surface area contributed by atoms with E-state index in [2.05, 4.69) is 86.6 Å². The third kappa shape index (κ3) is 14.2. The zero-order valence-corrected chi connectivity index (χ0v) is 40.4. The van der Waals surface area contributed by atoms with Crippen molar-refractivity contribution >= 4 is 11.9 Å². The van der Waals surface area contributed by atoms with Gasteiger partial charge in [-0.1, -0.05) is 174 Å². The summed E-state index contributed by atoms with van der Waals surface area (Å²) in [6.45, 7) is 11.7. The molecule has 9 aromatic carbocycles. The highest BCUT2D eigenvalue weighted by Gasteiger charge is 2.15. The fourth-order valence-corrected chi connectivity index (χ4v) is 7.41. The average molecular weight is 927 g/mol. The van der Waals surface area contributed by atoms with E-state index in [-0.39, 0.29) is 11.4 Å². The van der Waals surface area contributed by atoms with Crippen LogP contribution >= 0.6 is 0 Å². The molecule has 0 bridgehead atoms. The number of ether oxygens (including phenoxy) is 2. The van der Waals surface area contributed by atoms with Crippen molar-refractivity contribution in [2.24, 2.45) is 0 Å². The summed E-state index contributed by atoms with van der Waals surface area (Å²) in [7, 11) is 0. The molecule has 0 aliphatic rings. The summed E-state index contributed by atoms with van der Waals surface area (Å²) in [5.74, 6) is -1.06. The maximum atomic E-state index is 13.8. The van der Waals surface area contributed by atoms with Gasteiger partial charge in [0, 0.05) is 0 Å². The number of benzene rings is 9. The van der Waals surface area contributed by atoms with E-state index in [1.54, 1.807) is 62.4 Å². The number of esters is 2. The summed E-state index contributed by atoms with van der Waals surface area (Å²) >= 11 is 0. The molecule has 0 saturated carbocycles. The third-order valence-corrected chi connectivity index (χ3v) is 11.8. The largest absolute Gasteiger partial charge is 0.423 e. The SMILES string of the molecule is Cc1ccc(-c2ccc(OC(=O)c3ccc(C)cc3F)cc2)cc1.Cc1ccc(C(=O)Oc2ccc(-c3ccc(C)c(F)c3)cc2)cc1.Cc1ccc(CCc2ccc(-c3ccc(C)cc3)cc2)cc1. The Kier molecular flexibility index (Phi) is 16.8. The molecule has 0 aliphatic carbocycles. The van der Waals surface area contributed by atoms with Crippen molar-refractivity contribution in [3.05, 3.63) is 274 Å². The Balaban J connectivity index is 0.000000155. The average Bonchev–Trinajstić information content (AvgIpc) is 3.36. The number of carbonyl (C=O) groups is 2. The van der Waals surface area contributed by atoms with E-state index in [0.717, 1.165) is 46.2 Å². The molecular formula is C64H56F2O4. The maximum absolute atomic E-state index is 13.8. The first-order chi connectivity index (χ1) is 33.8. The molecule has 0 fully saturated rings. The van der Waals surface area contributed by atoms with Gasteiger partial charge < -0.3 is 9.47 Å². The number of aryl methyl sites for hydroxylation is 8. The van der Waals surface area contributed by atoms with Crippen molar-refractivity contribution in [3.8, 4) is 44.9 Å². The van der Waals surface area contributed by atoms with Crippen molar-refractivity contribution in [1.82, 2.24) is 0 Å². The second kappa shape index (κ2) is 23.7. The summed E-state index contributed by atoms with van der Waals surface area (Å²) < 4.78 is 38.1. The molecule has 0 unspecified atom stereocenters. The fraction of sp³-hybridized carbons (Fsp3) is 0.125. The van der Waals surface area contributed by atoms with Crippen molar-refractivity contribution in [3.63, 3.8) is 0 Å². The smallest absolute Gasteiger partial charge is 0.346 e. The van der Waals surface area contributed by atoms with Gasteiger partial charge >= 0.3 is 11.9 Å². The van der Waals surface area contributed by atoms with Crippen LogP contribution in [0.25, 0.3) is 33.4 Å². The van der Waals surface area contributed by atoms with Gasteiger partial charge in [0.15, 0.2) is 0 Å². The van der Waals surface area contributed by atoms with Gasteiger partial charge in [0.05, 0.1) is 11.1 Å². The van der Waals surface area contributed by atoms with E-state index in [1.807, 2.05) is 80.6 Å². The van der Waals surface area contributed by atoms with E-state index < -0.39 is 17.8 Å². The molecule has 0 atom stereocenters. The molecule has 0 N–H and O–H groups in total. The normalized spacial score (nSPS) is 10.5. The summed E-state index contributed by atoms with van der Waals surface area (Å²) in [6.07, 6.45) is 2.20. The van der Waals surface area contributed by atoms with Crippen LogP contribution in [0, 0.1) is 53.2 Å². The first kappa shape index (κ1) is 49.7. The Hall–Kier alpha value is -8.22. The molecule has 6 heteroatoms. The van der Waals surface area contributed by atoms with Gasteiger partial charge in [0.25, 0.3) is 0 Å². The van der Waals surface area contributed by atoms with Crippen molar-refractivity contribution < 1.29 is 27.8 Å². The lowest BCUT2D eigenvalue weighted by atomic mass is 9.99.